The molecule has 1 aliphatic heterocycles. The molecule has 0 aromatic heterocycles. The summed E-state index contributed by atoms with van der Waals surface area (Å²) in [5, 5.41) is 0. The number of ketones is 1. The average molecular weight is 234 g/mol. The fraction of sp³-hybridized carbons (Fsp3) is 0.462. The number of benzene rings is 1. The number of carbonyl (C=O) groups excluding carboxylic acids is 1. The van der Waals surface area contributed by atoms with E-state index in [-0.39, 0.29) is 11.9 Å². The molecule has 0 radical (unpaired) electrons. The molecule has 0 fully saturated rings. The third-order valence-electron chi connectivity index (χ3n) is 2.89. The fourth-order valence-electron chi connectivity index (χ4n) is 2.12. The lowest BCUT2D eigenvalue weighted by molar-refractivity contribution is -0.116. The van der Waals surface area contributed by atoms with Gasteiger partial charge in [0.15, 0.2) is 0 Å². The van der Waals surface area contributed by atoms with Crippen molar-refractivity contribution in [3.8, 4) is 5.75 Å². The number of nitrogen functional groups attached to an aromatic ring is 1. The zero-order valence-electron chi connectivity index (χ0n) is 10.3. The minimum Gasteiger partial charge on any atom is -0.487 e. The summed E-state index contributed by atoms with van der Waals surface area (Å²) in [5.41, 5.74) is 7.61. The van der Waals surface area contributed by atoms with E-state index < -0.39 is 0 Å². The lowest BCUT2D eigenvalue weighted by Crippen LogP contribution is -2.39. The van der Waals surface area contributed by atoms with E-state index in [1.165, 1.54) is 0 Å². The molecule has 1 atom stereocenters. The minimum absolute atomic E-state index is 0.122. The van der Waals surface area contributed by atoms with Gasteiger partial charge in [-0.3, -0.25) is 4.79 Å². The molecule has 0 aliphatic carbocycles. The van der Waals surface area contributed by atoms with Crippen LogP contribution in [0.1, 0.15) is 20.3 Å². The second-order valence-electron chi connectivity index (χ2n) is 4.52. The first-order chi connectivity index (χ1) is 8.08. The Morgan fingerprint density at radius 2 is 2.35 bits per heavy atom. The molecule has 4 heteroatoms. The van der Waals surface area contributed by atoms with E-state index in [2.05, 4.69) is 4.90 Å². The van der Waals surface area contributed by atoms with E-state index in [0.717, 1.165) is 18.0 Å². The SMILES string of the molecule is CC(=O)CCN1CC(C)Oc2cccc(N)c21. The second kappa shape index (κ2) is 4.65. The molecule has 4 nitrogen and oxygen atoms in total. The van der Waals surface area contributed by atoms with Gasteiger partial charge in [0.05, 0.1) is 12.2 Å². The van der Waals surface area contributed by atoms with Crippen molar-refractivity contribution in [1.29, 1.82) is 0 Å². The maximum atomic E-state index is 11.1. The number of nitrogens with zero attached hydrogens (tertiary/aromatic N) is 1. The van der Waals surface area contributed by atoms with Gasteiger partial charge in [0, 0.05) is 13.0 Å². The number of hydrogen-bond donors (Lipinski definition) is 1. The summed E-state index contributed by atoms with van der Waals surface area (Å²) >= 11 is 0. The highest BCUT2D eigenvalue weighted by Gasteiger charge is 2.24. The van der Waals surface area contributed by atoms with Crippen molar-refractivity contribution < 1.29 is 9.53 Å². The number of rotatable bonds is 3. The smallest absolute Gasteiger partial charge is 0.145 e. The molecular weight excluding hydrogens is 216 g/mol. The number of anilines is 2. The Balaban J connectivity index is 2.26. The molecule has 1 aromatic rings. The molecule has 1 aliphatic rings. The van der Waals surface area contributed by atoms with E-state index in [1.54, 1.807) is 6.92 Å². The van der Waals surface area contributed by atoms with Crippen LogP contribution in [0.4, 0.5) is 11.4 Å². The van der Waals surface area contributed by atoms with Crippen molar-refractivity contribution in [2.45, 2.75) is 26.4 Å². The predicted molar refractivity (Wildman–Crippen MR) is 68.5 cm³/mol. The molecule has 1 aromatic carbocycles. The third-order valence-corrected chi connectivity index (χ3v) is 2.89. The number of carbonyl (C=O) groups is 1. The summed E-state index contributed by atoms with van der Waals surface area (Å²) in [6.45, 7) is 5.10. The van der Waals surface area contributed by atoms with Crippen LogP contribution in [0.5, 0.6) is 5.75 Å². The van der Waals surface area contributed by atoms with Gasteiger partial charge in [-0.25, -0.2) is 0 Å². The van der Waals surface area contributed by atoms with Gasteiger partial charge in [-0.15, -0.1) is 0 Å². The van der Waals surface area contributed by atoms with Gasteiger partial charge < -0.3 is 15.4 Å². The van der Waals surface area contributed by atoms with Gasteiger partial charge in [-0.2, -0.15) is 0 Å². The lowest BCUT2D eigenvalue weighted by Gasteiger charge is -2.35. The number of hydrogen-bond acceptors (Lipinski definition) is 4. The van der Waals surface area contributed by atoms with E-state index >= 15 is 0 Å². The van der Waals surface area contributed by atoms with E-state index in [4.69, 9.17) is 10.5 Å². The van der Waals surface area contributed by atoms with E-state index in [1.807, 2.05) is 25.1 Å². The van der Waals surface area contributed by atoms with Gasteiger partial charge in [0.25, 0.3) is 0 Å². The molecule has 0 saturated heterocycles. The number of ether oxygens (including phenoxy) is 1. The fourth-order valence-corrected chi connectivity index (χ4v) is 2.12. The first-order valence-corrected chi connectivity index (χ1v) is 5.87. The maximum absolute atomic E-state index is 11.1. The number of para-hydroxylation sites is 1. The molecule has 2 rings (SSSR count). The predicted octanol–water partition coefficient (Wildman–Crippen LogP) is 1.84. The van der Waals surface area contributed by atoms with Crippen LogP contribution >= 0.6 is 0 Å². The molecule has 0 bridgehead atoms. The molecule has 0 saturated carbocycles. The Morgan fingerprint density at radius 1 is 1.59 bits per heavy atom. The molecule has 92 valence electrons. The van der Waals surface area contributed by atoms with Crippen LogP contribution in [0.25, 0.3) is 0 Å². The quantitative estimate of drug-likeness (QED) is 0.811. The molecule has 0 spiro atoms. The van der Waals surface area contributed by atoms with Crippen LogP contribution in [0, 0.1) is 0 Å². The summed E-state index contributed by atoms with van der Waals surface area (Å²) in [7, 11) is 0. The summed E-state index contributed by atoms with van der Waals surface area (Å²) < 4.78 is 5.74. The summed E-state index contributed by atoms with van der Waals surface area (Å²) in [6, 6.07) is 5.66. The Morgan fingerprint density at radius 3 is 3.06 bits per heavy atom. The van der Waals surface area contributed by atoms with Crippen molar-refractivity contribution in [3.63, 3.8) is 0 Å². The average Bonchev–Trinajstić information content (AvgIpc) is 2.25. The standard InChI is InChI=1S/C13H18N2O2/c1-9(16)6-7-15-8-10(2)17-12-5-3-4-11(14)13(12)15/h3-5,10H,6-8,14H2,1-2H3. The molecule has 0 amide bonds. The highest BCUT2D eigenvalue weighted by molar-refractivity contribution is 5.78. The zero-order chi connectivity index (χ0) is 12.4. The molecule has 1 heterocycles. The van der Waals surface area contributed by atoms with E-state index in [9.17, 15) is 4.79 Å². The van der Waals surface area contributed by atoms with Crippen LogP contribution in [-0.2, 0) is 4.79 Å². The monoisotopic (exact) mass is 234 g/mol. The van der Waals surface area contributed by atoms with E-state index in [0.29, 0.717) is 18.7 Å². The van der Waals surface area contributed by atoms with Crippen molar-refractivity contribution in [2.24, 2.45) is 0 Å². The topological polar surface area (TPSA) is 55.6 Å². The van der Waals surface area contributed by atoms with Crippen LogP contribution in [0.2, 0.25) is 0 Å². The van der Waals surface area contributed by atoms with Crippen LogP contribution in [-0.4, -0.2) is 25.0 Å². The maximum Gasteiger partial charge on any atom is 0.145 e. The van der Waals surface area contributed by atoms with Crippen molar-refractivity contribution in [2.75, 3.05) is 23.7 Å². The molecule has 1 unspecified atom stereocenters. The Bertz CT molecular complexity index is 431. The molecule has 17 heavy (non-hydrogen) atoms. The minimum atomic E-state index is 0.122. The second-order valence-corrected chi connectivity index (χ2v) is 4.52. The molecular formula is C13H18N2O2. The first kappa shape index (κ1) is 11.8. The highest BCUT2D eigenvalue weighted by Crippen LogP contribution is 2.38. The van der Waals surface area contributed by atoms with Gasteiger partial charge in [-0.1, -0.05) is 6.07 Å². The number of Topliss-reactive ketones (excluding diaryl/α,β-unsaturated/α-hetero) is 1. The Kier molecular flexibility index (Phi) is 3.22. The Labute approximate surface area is 101 Å². The summed E-state index contributed by atoms with van der Waals surface area (Å²) in [6.07, 6.45) is 0.664. The van der Waals surface area contributed by atoms with Gasteiger partial charge >= 0.3 is 0 Å². The van der Waals surface area contributed by atoms with Gasteiger partial charge in [0.2, 0.25) is 0 Å². The van der Waals surface area contributed by atoms with Gasteiger partial charge in [-0.05, 0) is 26.0 Å². The number of nitrogens with two attached hydrogens (primary N) is 1. The Hall–Kier alpha value is -1.71. The van der Waals surface area contributed by atoms with Crippen LogP contribution < -0.4 is 15.4 Å². The highest BCUT2D eigenvalue weighted by atomic mass is 16.5. The van der Waals surface area contributed by atoms with Crippen LogP contribution in [0.15, 0.2) is 18.2 Å². The van der Waals surface area contributed by atoms with Gasteiger partial charge in [0.1, 0.15) is 23.3 Å². The normalized spacial score (nSPS) is 18.5. The van der Waals surface area contributed by atoms with Crippen molar-refractivity contribution in [1.82, 2.24) is 0 Å². The van der Waals surface area contributed by atoms with Crippen LogP contribution in [0.3, 0.4) is 0 Å². The van der Waals surface area contributed by atoms with Crippen molar-refractivity contribution in [3.05, 3.63) is 18.2 Å². The lowest BCUT2D eigenvalue weighted by atomic mass is 10.1. The van der Waals surface area contributed by atoms with Crippen molar-refractivity contribution >= 4 is 17.2 Å². The largest absolute Gasteiger partial charge is 0.487 e. The first-order valence-electron chi connectivity index (χ1n) is 5.87. The number of fused-ring (bicyclic) bond motifs is 1. The third kappa shape index (κ3) is 2.52. The molecule has 2 N–H and O–H groups in total. The summed E-state index contributed by atoms with van der Waals surface area (Å²) in [5.74, 6) is 1.01. The zero-order valence-corrected chi connectivity index (χ0v) is 10.3. The summed E-state index contributed by atoms with van der Waals surface area (Å²) in [4.78, 5) is 13.2.